The zero-order valence-corrected chi connectivity index (χ0v) is 18.6. The number of nitrogens with one attached hydrogen (secondary N) is 2. The molecule has 0 spiro atoms. The molecule has 2 N–H and O–H groups in total. The number of hydrogen-bond donors (Lipinski definition) is 2. The maximum Gasteiger partial charge on any atom is 0.410 e. The zero-order valence-electron chi connectivity index (χ0n) is 17.6. The predicted octanol–water partition coefficient (Wildman–Crippen LogP) is 1.78. The van der Waals surface area contributed by atoms with Gasteiger partial charge >= 0.3 is 6.09 Å². The number of hydrogen-bond acceptors (Lipinski definition) is 6. The molecule has 3 rings (SSSR count). The molecule has 1 amide bonds. The number of carbonyl (C=O) groups is 3. The number of ketones is 2. The van der Waals surface area contributed by atoms with Crippen molar-refractivity contribution in [2.75, 3.05) is 26.2 Å². The highest BCUT2D eigenvalue weighted by molar-refractivity contribution is 7.59. The first-order chi connectivity index (χ1) is 12.6. The van der Waals surface area contributed by atoms with Crippen molar-refractivity contribution in [3.63, 3.8) is 0 Å². The quantitative estimate of drug-likeness (QED) is 0.683. The summed E-state index contributed by atoms with van der Waals surface area (Å²) in [6.07, 6.45) is 4.63. The Labute approximate surface area is 175 Å². The van der Waals surface area contributed by atoms with Gasteiger partial charge < -0.3 is 15.0 Å². The van der Waals surface area contributed by atoms with Gasteiger partial charge in [-0.25, -0.2) is 4.79 Å². The number of ether oxygens (including phenoxy) is 1. The molecule has 3 heterocycles. The number of rotatable bonds is 4. The predicted molar refractivity (Wildman–Crippen MR) is 114 cm³/mol. The van der Waals surface area contributed by atoms with E-state index in [1.165, 1.54) is 4.90 Å². The van der Waals surface area contributed by atoms with Gasteiger partial charge in [-0.1, -0.05) is 26.0 Å². The van der Waals surface area contributed by atoms with Crippen molar-refractivity contribution in [2.45, 2.75) is 64.6 Å². The molecule has 7 nitrogen and oxygen atoms in total. The third-order valence-corrected chi connectivity index (χ3v) is 5.27. The highest BCUT2D eigenvalue weighted by Crippen LogP contribution is 2.27. The van der Waals surface area contributed by atoms with Crippen LogP contribution in [0.15, 0.2) is 12.2 Å². The van der Waals surface area contributed by atoms with Crippen LogP contribution in [0.5, 0.6) is 0 Å². The number of amides is 1. The fourth-order valence-corrected chi connectivity index (χ4v) is 3.78. The van der Waals surface area contributed by atoms with Gasteiger partial charge in [-0.15, -0.1) is 0 Å². The van der Waals surface area contributed by atoms with Crippen molar-refractivity contribution in [3.05, 3.63) is 12.2 Å². The number of fused-ring (bicyclic) bond motifs is 9. The van der Waals surface area contributed by atoms with E-state index in [0.717, 1.165) is 0 Å². The summed E-state index contributed by atoms with van der Waals surface area (Å²) in [5.41, 5.74) is -1.56. The van der Waals surface area contributed by atoms with Gasteiger partial charge in [0.1, 0.15) is 12.1 Å². The van der Waals surface area contributed by atoms with E-state index >= 15 is 0 Å². The van der Waals surface area contributed by atoms with E-state index < -0.39 is 17.2 Å². The van der Waals surface area contributed by atoms with E-state index in [1.54, 1.807) is 6.08 Å². The smallest absolute Gasteiger partial charge is 0.410 e. The lowest BCUT2D eigenvalue weighted by Gasteiger charge is -2.49. The van der Waals surface area contributed by atoms with Crippen LogP contribution >= 0.6 is 13.5 Å². The third-order valence-electron chi connectivity index (χ3n) is 5.27. The molecule has 1 atom stereocenters. The standard InChI is InChI=1S/C20H33N3O4.H2S/c1-14(2)17(25)20-12-23(13-20)18(26)27-10-8-6-7-9-19(5,22-15(3)4)16(24)11-21-20;/h6,8,14-15,21-22H,7,9-13H2,1-5H3;1H2/t19-;/m0./s1. The molecule has 28 heavy (non-hydrogen) atoms. The molecule has 1 saturated heterocycles. The number of Topliss-reactive ketones (excluding diaryl/α,β-unsaturated/α-hetero) is 2. The molecule has 160 valence electrons. The fourth-order valence-electron chi connectivity index (χ4n) is 3.78. The van der Waals surface area contributed by atoms with E-state index in [-0.39, 0.29) is 63.3 Å². The van der Waals surface area contributed by atoms with Crippen LogP contribution in [0.4, 0.5) is 4.79 Å². The van der Waals surface area contributed by atoms with E-state index in [9.17, 15) is 14.4 Å². The molecule has 2 bridgehead atoms. The Bertz CT molecular complexity index is 615. The molecule has 0 aliphatic carbocycles. The third kappa shape index (κ3) is 5.58. The summed E-state index contributed by atoms with van der Waals surface area (Å²) in [6, 6.07) is 0.160. The van der Waals surface area contributed by atoms with Gasteiger partial charge in [0.2, 0.25) is 0 Å². The largest absolute Gasteiger partial charge is 0.445 e. The Morgan fingerprint density at radius 2 is 1.86 bits per heavy atom. The minimum absolute atomic E-state index is 0. The zero-order chi connectivity index (χ0) is 20.2. The molecule has 0 radical (unpaired) electrons. The van der Waals surface area contributed by atoms with E-state index in [0.29, 0.717) is 12.8 Å². The monoisotopic (exact) mass is 413 g/mol. The van der Waals surface area contributed by atoms with Crippen molar-refractivity contribution in [3.8, 4) is 0 Å². The van der Waals surface area contributed by atoms with E-state index in [1.807, 2.05) is 40.7 Å². The van der Waals surface area contributed by atoms with Gasteiger partial charge in [0.25, 0.3) is 0 Å². The van der Waals surface area contributed by atoms with Crippen LogP contribution in [0.25, 0.3) is 0 Å². The maximum absolute atomic E-state index is 13.0. The molecule has 1 fully saturated rings. The van der Waals surface area contributed by atoms with Crippen LogP contribution in [0, 0.1) is 5.92 Å². The van der Waals surface area contributed by atoms with E-state index in [2.05, 4.69) is 10.6 Å². The first-order valence-corrected chi connectivity index (χ1v) is 9.77. The average molecular weight is 414 g/mol. The average Bonchev–Trinajstić information content (AvgIpc) is 2.54. The van der Waals surface area contributed by atoms with Crippen molar-refractivity contribution in [1.82, 2.24) is 15.5 Å². The van der Waals surface area contributed by atoms with Crippen LogP contribution < -0.4 is 10.6 Å². The molecule has 0 unspecified atom stereocenters. The molecule has 8 heteroatoms. The van der Waals surface area contributed by atoms with Gasteiger partial charge in [-0.05, 0) is 33.6 Å². The Hall–Kier alpha value is -1.38. The van der Waals surface area contributed by atoms with Gasteiger partial charge in [0.15, 0.2) is 11.6 Å². The maximum atomic E-state index is 13.0. The van der Waals surface area contributed by atoms with Crippen LogP contribution in [-0.4, -0.2) is 65.9 Å². The first-order valence-electron chi connectivity index (χ1n) is 9.77. The van der Waals surface area contributed by atoms with E-state index in [4.69, 9.17) is 4.74 Å². The fraction of sp³-hybridized carbons (Fsp3) is 0.750. The lowest BCUT2D eigenvalue weighted by Crippen LogP contribution is -2.75. The Morgan fingerprint density at radius 1 is 1.21 bits per heavy atom. The van der Waals surface area contributed by atoms with Crippen LogP contribution in [0.1, 0.15) is 47.5 Å². The second-order valence-electron chi connectivity index (χ2n) is 8.45. The molecule has 0 aromatic carbocycles. The topological polar surface area (TPSA) is 87.7 Å². The molecular formula is C20H35N3O4S. The van der Waals surface area contributed by atoms with Gasteiger partial charge in [0, 0.05) is 12.0 Å². The highest BCUT2D eigenvalue weighted by Gasteiger charge is 2.52. The van der Waals surface area contributed by atoms with Crippen LogP contribution in [-0.2, 0) is 14.3 Å². The lowest BCUT2D eigenvalue weighted by atomic mass is 9.80. The summed E-state index contributed by atoms with van der Waals surface area (Å²) in [6.45, 7) is 10.4. The van der Waals surface area contributed by atoms with Crippen LogP contribution in [0.3, 0.4) is 0 Å². The highest BCUT2D eigenvalue weighted by atomic mass is 32.1. The van der Waals surface area contributed by atoms with Crippen molar-refractivity contribution in [1.29, 1.82) is 0 Å². The van der Waals surface area contributed by atoms with Crippen molar-refractivity contribution >= 4 is 31.2 Å². The Morgan fingerprint density at radius 3 is 2.43 bits per heavy atom. The number of allylic oxidation sites excluding steroid dienone is 1. The molecule has 3 aliphatic heterocycles. The lowest BCUT2D eigenvalue weighted by molar-refractivity contribution is -0.136. The second kappa shape index (κ2) is 9.89. The number of nitrogens with zero attached hydrogens (tertiary/aromatic N) is 1. The summed E-state index contributed by atoms with van der Waals surface area (Å²) >= 11 is 0. The second-order valence-corrected chi connectivity index (χ2v) is 8.45. The molecule has 0 saturated carbocycles. The van der Waals surface area contributed by atoms with Gasteiger partial charge in [0.05, 0.1) is 25.2 Å². The molecule has 0 aromatic rings. The molecular weight excluding hydrogens is 378 g/mol. The Balaban J connectivity index is 0.00000392. The molecule has 3 aliphatic rings. The summed E-state index contributed by atoms with van der Waals surface area (Å²) in [5, 5.41) is 6.57. The molecule has 0 aromatic heterocycles. The first kappa shape index (κ1) is 24.7. The minimum atomic E-state index is -0.873. The minimum Gasteiger partial charge on any atom is -0.445 e. The summed E-state index contributed by atoms with van der Waals surface area (Å²) in [5.74, 6) is -0.142. The van der Waals surface area contributed by atoms with Gasteiger partial charge in [-0.3, -0.25) is 14.9 Å². The van der Waals surface area contributed by atoms with Crippen molar-refractivity contribution < 1.29 is 19.1 Å². The summed E-state index contributed by atoms with van der Waals surface area (Å²) < 4.78 is 5.24. The Kier molecular flexibility index (Phi) is 8.71. The normalized spacial score (nSPS) is 29.0. The summed E-state index contributed by atoms with van der Waals surface area (Å²) in [4.78, 5) is 39.4. The summed E-state index contributed by atoms with van der Waals surface area (Å²) in [7, 11) is 0. The SMILES string of the molecule is CC(C)N[C@@]1(C)CCC=CCOC(=O)N2CC(C(=O)C(C)C)(C2)NCC1=O.S. The van der Waals surface area contributed by atoms with Crippen LogP contribution in [0.2, 0.25) is 0 Å². The van der Waals surface area contributed by atoms with Gasteiger partial charge in [-0.2, -0.15) is 13.5 Å². The van der Waals surface area contributed by atoms with Crippen molar-refractivity contribution in [2.24, 2.45) is 5.92 Å². The number of carbonyl (C=O) groups excluding carboxylic acids is 3.